The van der Waals surface area contributed by atoms with Gasteiger partial charge in [0.15, 0.2) is 5.76 Å². The van der Waals surface area contributed by atoms with E-state index in [1.165, 1.54) is 22.5 Å². The number of halogens is 1. The van der Waals surface area contributed by atoms with Crippen molar-refractivity contribution in [3.63, 3.8) is 0 Å². The molecular weight excluding hydrogens is 658 g/mol. The molecule has 0 aromatic carbocycles. The molecule has 3 aromatic heterocycles. The third kappa shape index (κ3) is 5.96. The molecule has 1 spiro atoms. The molecule has 3 aromatic rings. The maximum absolute atomic E-state index is 13.7. The van der Waals surface area contributed by atoms with Crippen LogP contribution in [0.3, 0.4) is 0 Å². The molecule has 0 bridgehead atoms. The summed E-state index contributed by atoms with van der Waals surface area (Å²) in [7, 11) is -3.93. The number of nitrogens with one attached hydrogen (secondary N) is 1. The van der Waals surface area contributed by atoms with Gasteiger partial charge in [0.2, 0.25) is 11.8 Å². The Morgan fingerprint density at radius 2 is 1.78 bits per heavy atom. The topological polar surface area (TPSA) is 123 Å². The van der Waals surface area contributed by atoms with Crippen LogP contribution >= 0.6 is 34.3 Å². The lowest BCUT2D eigenvalue weighted by Gasteiger charge is -2.37. The van der Waals surface area contributed by atoms with Crippen LogP contribution in [0.5, 0.6) is 0 Å². The number of carbonyl (C=O) groups excluding carboxylic acids is 3. The minimum absolute atomic E-state index is 0.0563. The molecular formula is C30H34ClN5O6S3. The summed E-state index contributed by atoms with van der Waals surface area (Å²) in [6.45, 7) is 3.70. The highest BCUT2D eigenvalue weighted by atomic mass is 35.5. The van der Waals surface area contributed by atoms with E-state index >= 15 is 0 Å². The lowest BCUT2D eigenvalue weighted by molar-refractivity contribution is -0.144. The molecule has 15 heteroatoms. The number of likely N-dealkylation sites (tertiary alicyclic amines) is 2. The third-order valence-electron chi connectivity index (χ3n) is 9.43. The molecule has 3 saturated heterocycles. The molecule has 3 amide bonds. The number of thiophene rings is 2. The highest BCUT2D eigenvalue weighted by Gasteiger charge is 2.63. The molecule has 3 atom stereocenters. The Labute approximate surface area is 274 Å². The van der Waals surface area contributed by atoms with E-state index in [9.17, 15) is 22.8 Å². The maximum atomic E-state index is 13.7. The Morgan fingerprint density at radius 3 is 2.51 bits per heavy atom. The Hall–Kier alpha value is -2.75. The Morgan fingerprint density at radius 1 is 1.00 bits per heavy atom. The molecule has 1 N–H and O–H groups in total. The van der Waals surface area contributed by atoms with E-state index in [4.69, 9.17) is 16.0 Å². The van der Waals surface area contributed by atoms with Gasteiger partial charge in [-0.3, -0.25) is 19.3 Å². The van der Waals surface area contributed by atoms with E-state index in [1.54, 1.807) is 30.3 Å². The van der Waals surface area contributed by atoms with Crippen molar-refractivity contribution >= 4 is 62.0 Å². The summed E-state index contributed by atoms with van der Waals surface area (Å²) in [5.74, 6) is -0.200. The van der Waals surface area contributed by atoms with Crippen molar-refractivity contribution in [1.29, 1.82) is 0 Å². The zero-order valence-electron chi connectivity index (χ0n) is 24.5. The van der Waals surface area contributed by atoms with Gasteiger partial charge in [0.25, 0.3) is 15.9 Å². The summed E-state index contributed by atoms with van der Waals surface area (Å²) < 4.78 is 35.1. The normalized spacial score (nSPS) is 25.8. The first-order valence-electron chi connectivity index (χ1n) is 15.2. The summed E-state index contributed by atoms with van der Waals surface area (Å²) in [4.78, 5) is 49.1. The molecule has 45 heavy (non-hydrogen) atoms. The Balaban J connectivity index is 0.948. The van der Waals surface area contributed by atoms with E-state index < -0.39 is 16.1 Å². The van der Waals surface area contributed by atoms with Gasteiger partial charge in [-0.1, -0.05) is 11.6 Å². The Bertz CT molecular complexity index is 1700. The number of amides is 3. The molecule has 3 aliphatic heterocycles. The van der Waals surface area contributed by atoms with E-state index in [0.717, 1.165) is 53.4 Å². The van der Waals surface area contributed by atoms with Crippen molar-refractivity contribution in [2.45, 2.75) is 53.9 Å². The van der Waals surface area contributed by atoms with Crippen molar-refractivity contribution in [2.24, 2.45) is 0 Å². The van der Waals surface area contributed by atoms with Gasteiger partial charge in [0.1, 0.15) is 10.3 Å². The smallest absolute Gasteiger partial charge is 0.289 e. The number of hydrogen-bond acceptors (Lipinski definition) is 9. The van der Waals surface area contributed by atoms with Crippen LogP contribution in [0.2, 0.25) is 4.34 Å². The average molecular weight is 692 g/mol. The molecule has 6 heterocycles. The quantitative estimate of drug-likeness (QED) is 0.383. The van der Waals surface area contributed by atoms with Crippen LogP contribution in [-0.4, -0.2) is 109 Å². The van der Waals surface area contributed by atoms with E-state index in [0.29, 0.717) is 49.1 Å². The van der Waals surface area contributed by atoms with Crippen molar-refractivity contribution in [3.8, 4) is 9.75 Å². The molecule has 1 aliphatic carbocycles. The SMILES string of the molecule is O=C(c1ccco1)N1CCN(C2CC23CCCN3C(=O)CN2CCC[C@H](NS(=O)(=O)c3ccc(-c4ccc(Cl)s4)s3)C2=O)CC1. The number of hydrogen-bond donors (Lipinski definition) is 1. The standard InChI is InChI=1S/C30H34ClN5O6S3/c31-25-8-6-22(43-25)23-7-9-27(44-23)45(40,41)32-20-4-1-11-35(28(20)38)19-26(37)36-12-3-10-30(36)18-24(30)33-13-15-34(16-14-33)29(39)21-5-2-17-42-21/h2,5-9,17,20,24,32H,1,3-4,10-16,18-19H2/t20-,24?,30?/m0/s1. The van der Waals surface area contributed by atoms with Crippen molar-refractivity contribution in [2.75, 3.05) is 45.8 Å². The highest BCUT2D eigenvalue weighted by molar-refractivity contribution is 7.91. The fraction of sp³-hybridized carbons (Fsp3) is 0.500. The van der Waals surface area contributed by atoms with Crippen LogP contribution in [0.25, 0.3) is 9.75 Å². The van der Waals surface area contributed by atoms with E-state index in [-0.39, 0.29) is 40.1 Å². The van der Waals surface area contributed by atoms with Crippen LogP contribution in [0.1, 0.15) is 42.7 Å². The minimum atomic E-state index is -3.93. The highest BCUT2D eigenvalue weighted by Crippen LogP contribution is 2.53. The number of furan rings is 1. The van der Waals surface area contributed by atoms with E-state index in [2.05, 4.69) is 9.62 Å². The number of nitrogens with zero attached hydrogens (tertiary/aromatic N) is 4. The molecule has 7 rings (SSSR count). The molecule has 11 nitrogen and oxygen atoms in total. The molecule has 4 fully saturated rings. The largest absolute Gasteiger partial charge is 0.459 e. The van der Waals surface area contributed by atoms with Crippen molar-refractivity contribution in [3.05, 3.63) is 52.8 Å². The monoisotopic (exact) mass is 691 g/mol. The second-order valence-corrected chi connectivity index (χ2v) is 16.8. The summed E-state index contributed by atoms with van der Waals surface area (Å²) >= 11 is 8.55. The first-order valence-corrected chi connectivity index (χ1v) is 18.7. The first-order chi connectivity index (χ1) is 21.6. The maximum Gasteiger partial charge on any atom is 0.289 e. The predicted molar refractivity (Wildman–Crippen MR) is 171 cm³/mol. The lowest BCUT2D eigenvalue weighted by Crippen LogP contribution is -2.56. The Kier molecular flexibility index (Phi) is 8.32. The van der Waals surface area contributed by atoms with Crippen molar-refractivity contribution < 1.29 is 27.2 Å². The first kappa shape index (κ1) is 30.9. The minimum Gasteiger partial charge on any atom is -0.459 e. The predicted octanol–water partition coefficient (Wildman–Crippen LogP) is 3.58. The van der Waals surface area contributed by atoms with Gasteiger partial charge in [-0.15, -0.1) is 22.7 Å². The number of piperidine rings is 1. The average Bonchev–Trinajstić information content (AvgIpc) is 3.63. The lowest BCUT2D eigenvalue weighted by atomic mass is 10.1. The van der Waals surface area contributed by atoms with Crippen LogP contribution in [0.15, 0.2) is 51.3 Å². The molecule has 240 valence electrons. The summed E-state index contributed by atoms with van der Waals surface area (Å²) in [5.41, 5.74) is -0.228. The third-order valence-corrected chi connectivity index (χ3v) is 13.9. The second-order valence-electron chi connectivity index (χ2n) is 12.1. The fourth-order valence-electron chi connectivity index (χ4n) is 7.11. The molecule has 0 radical (unpaired) electrons. The fourth-order valence-corrected chi connectivity index (χ4v) is 10.8. The summed E-state index contributed by atoms with van der Waals surface area (Å²) in [6, 6.07) is 9.62. The van der Waals surface area contributed by atoms with Gasteiger partial charge >= 0.3 is 0 Å². The summed E-state index contributed by atoms with van der Waals surface area (Å²) in [5, 5.41) is 0. The van der Waals surface area contributed by atoms with Crippen LogP contribution in [0, 0.1) is 0 Å². The van der Waals surface area contributed by atoms with Crippen molar-refractivity contribution in [1.82, 2.24) is 24.3 Å². The van der Waals surface area contributed by atoms with Crippen LogP contribution in [-0.2, 0) is 19.6 Å². The summed E-state index contributed by atoms with van der Waals surface area (Å²) in [6.07, 6.45) is 5.21. The van der Waals surface area contributed by atoms with Gasteiger partial charge in [0, 0.05) is 55.1 Å². The number of carbonyl (C=O) groups is 3. The van der Waals surface area contributed by atoms with E-state index in [1.807, 2.05) is 15.9 Å². The molecule has 2 unspecified atom stereocenters. The van der Waals surface area contributed by atoms with Gasteiger partial charge in [-0.05, 0) is 68.5 Å². The number of rotatable bonds is 8. The van der Waals surface area contributed by atoms with Gasteiger partial charge in [0.05, 0.1) is 22.7 Å². The van der Waals surface area contributed by atoms with Crippen LogP contribution in [0.4, 0.5) is 0 Å². The van der Waals surface area contributed by atoms with Gasteiger partial charge < -0.3 is 19.1 Å². The zero-order chi connectivity index (χ0) is 31.3. The number of sulfonamides is 1. The number of piperazine rings is 1. The zero-order valence-corrected chi connectivity index (χ0v) is 27.7. The molecule has 1 saturated carbocycles. The molecule has 4 aliphatic rings. The second kappa shape index (κ2) is 12.1. The van der Waals surface area contributed by atoms with Crippen LogP contribution < -0.4 is 4.72 Å². The van der Waals surface area contributed by atoms with Gasteiger partial charge in [-0.2, -0.15) is 4.72 Å². The van der Waals surface area contributed by atoms with Gasteiger partial charge in [-0.25, -0.2) is 8.42 Å².